The van der Waals surface area contributed by atoms with Crippen molar-refractivity contribution in [1.29, 1.82) is 0 Å². The SMILES string of the molecule is CCCCC(CC)CNc1ccnc2cc(N)ccc12. The highest BCUT2D eigenvalue weighted by atomic mass is 14.9. The number of rotatable bonds is 7. The van der Waals surface area contributed by atoms with Crippen molar-refractivity contribution >= 4 is 22.3 Å². The van der Waals surface area contributed by atoms with Gasteiger partial charge in [0.1, 0.15) is 0 Å². The summed E-state index contributed by atoms with van der Waals surface area (Å²) < 4.78 is 0. The molecule has 3 nitrogen and oxygen atoms in total. The summed E-state index contributed by atoms with van der Waals surface area (Å²) in [5.74, 6) is 0.743. The molecule has 0 fully saturated rings. The quantitative estimate of drug-likeness (QED) is 0.732. The number of hydrogen-bond donors (Lipinski definition) is 2. The highest BCUT2D eigenvalue weighted by Crippen LogP contribution is 2.24. The number of fused-ring (bicyclic) bond motifs is 1. The Bertz CT molecular complexity index is 551. The van der Waals surface area contributed by atoms with Gasteiger partial charge in [-0.3, -0.25) is 4.98 Å². The molecule has 0 aliphatic carbocycles. The molecule has 3 N–H and O–H groups in total. The van der Waals surface area contributed by atoms with E-state index in [1.165, 1.54) is 25.7 Å². The largest absolute Gasteiger partial charge is 0.399 e. The van der Waals surface area contributed by atoms with Gasteiger partial charge < -0.3 is 11.1 Å². The topological polar surface area (TPSA) is 50.9 Å². The van der Waals surface area contributed by atoms with E-state index in [0.717, 1.165) is 34.7 Å². The average Bonchev–Trinajstić information content (AvgIpc) is 2.47. The lowest BCUT2D eigenvalue weighted by atomic mass is 9.99. The van der Waals surface area contributed by atoms with Crippen LogP contribution >= 0.6 is 0 Å². The number of nitrogens with two attached hydrogens (primary N) is 1. The molecule has 0 spiro atoms. The first-order valence-corrected chi connectivity index (χ1v) is 7.62. The highest BCUT2D eigenvalue weighted by molar-refractivity contribution is 5.92. The Morgan fingerprint density at radius 1 is 1.25 bits per heavy atom. The molecule has 1 heterocycles. The van der Waals surface area contributed by atoms with Crippen LogP contribution in [-0.4, -0.2) is 11.5 Å². The van der Waals surface area contributed by atoms with Crippen LogP contribution in [0.25, 0.3) is 10.9 Å². The van der Waals surface area contributed by atoms with Crippen molar-refractivity contribution in [3.05, 3.63) is 30.5 Å². The van der Waals surface area contributed by atoms with Crippen LogP contribution < -0.4 is 11.1 Å². The molecular formula is C17H25N3. The molecule has 0 amide bonds. The molecular weight excluding hydrogens is 246 g/mol. The fraction of sp³-hybridized carbons (Fsp3) is 0.471. The molecule has 0 radical (unpaired) electrons. The number of nitrogens with zero attached hydrogens (tertiary/aromatic N) is 1. The molecule has 1 unspecified atom stereocenters. The van der Waals surface area contributed by atoms with Gasteiger partial charge in [-0.05, 0) is 36.6 Å². The van der Waals surface area contributed by atoms with Gasteiger partial charge in [0.15, 0.2) is 0 Å². The number of hydrogen-bond acceptors (Lipinski definition) is 3. The number of anilines is 2. The lowest BCUT2D eigenvalue weighted by Crippen LogP contribution is -2.13. The van der Waals surface area contributed by atoms with Crippen molar-refractivity contribution in [2.45, 2.75) is 39.5 Å². The molecule has 0 aliphatic heterocycles. The summed E-state index contributed by atoms with van der Waals surface area (Å²) >= 11 is 0. The maximum absolute atomic E-state index is 5.81. The fourth-order valence-electron chi connectivity index (χ4n) is 2.52. The normalized spacial score (nSPS) is 12.5. The summed E-state index contributed by atoms with van der Waals surface area (Å²) in [6.45, 7) is 5.55. The molecule has 3 heteroatoms. The van der Waals surface area contributed by atoms with Gasteiger partial charge in [0.05, 0.1) is 5.52 Å². The van der Waals surface area contributed by atoms with Crippen molar-refractivity contribution in [1.82, 2.24) is 4.98 Å². The molecule has 0 bridgehead atoms. The van der Waals surface area contributed by atoms with E-state index in [9.17, 15) is 0 Å². The fourth-order valence-corrected chi connectivity index (χ4v) is 2.52. The van der Waals surface area contributed by atoms with E-state index in [4.69, 9.17) is 5.73 Å². The molecule has 0 aliphatic rings. The number of unbranched alkanes of at least 4 members (excludes halogenated alkanes) is 1. The summed E-state index contributed by atoms with van der Waals surface area (Å²) in [5.41, 5.74) is 8.69. The van der Waals surface area contributed by atoms with Crippen LogP contribution in [0.5, 0.6) is 0 Å². The first-order valence-electron chi connectivity index (χ1n) is 7.62. The molecule has 2 rings (SSSR count). The van der Waals surface area contributed by atoms with Crippen LogP contribution in [0.3, 0.4) is 0 Å². The Labute approximate surface area is 121 Å². The second-order valence-corrected chi connectivity index (χ2v) is 5.43. The molecule has 108 valence electrons. The monoisotopic (exact) mass is 271 g/mol. The molecule has 1 atom stereocenters. The Balaban J connectivity index is 2.09. The van der Waals surface area contributed by atoms with Crippen LogP contribution in [0, 0.1) is 5.92 Å². The summed E-state index contributed by atoms with van der Waals surface area (Å²) in [7, 11) is 0. The third kappa shape index (κ3) is 3.62. The van der Waals surface area contributed by atoms with E-state index >= 15 is 0 Å². The molecule has 2 aromatic rings. The first kappa shape index (κ1) is 14.6. The van der Waals surface area contributed by atoms with E-state index in [2.05, 4.69) is 24.1 Å². The van der Waals surface area contributed by atoms with Gasteiger partial charge in [0.25, 0.3) is 0 Å². The van der Waals surface area contributed by atoms with Gasteiger partial charge in [-0.2, -0.15) is 0 Å². The number of nitrogens with one attached hydrogen (secondary N) is 1. The number of benzene rings is 1. The molecule has 20 heavy (non-hydrogen) atoms. The van der Waals surface area contributed by atoms with Crippen LogP contribution in [0.2, 0.25) is 0 Å². The Morgan fingerprint density at radius 3 is 2.85 bits per heavy atom. The number of aromatic nitrogens is 1. The van der Waals surface area contributed by atoms with Gasteiger partial charge in [0, 0.05) is 29.5 Å². The lowest BCUT2D eigenvalue weighted by molar-refractivity contribution is 0.473. The minimum absolute atomic E-state index is 0.743. The zero-order valence-electron chi connectivity index (χ0n) is 12.5. The first-order chi connectivity index (χ1) is 9.74. The van der Waals surface area contributed by atoms with Gasteiger partial charge in [-0.15, -0.1) is 0 Å². The predicted octanol–water partition coefficient (Wildman–Crippen LogP) is 4.45. The predicted molar refractivity (Wildman–Crippen MR) is 88.0 cm³/mol. The summed E-state index contributed by atoms with van der Waals surface area (Å²) in [6.07, 6.45) is 6.96. The third-order valence-electron chi connectivity index (χ3n) is 3.89. The second kappa shape index (κ2) is 7.13. The number of nitrogen functional groups attached to an aromatic ring is 1. The van der Waals surface area contributed by atoms with Crippen LogP contribution in [0.1, 0.15) is 39.5 Å². The zero-order valence-corrected chi connectivity index (χ0v) is 12.5. The van der Waals surface area contributed by atoms with Gasteiger partial charge in [0.2, 0.25) is 0 Å². The summed E-state index contributed by atoms with van der Waals surface area (Å²) in [4.78, 5) is 4.38. The Hall–Kier alpha value is -1.77. The smallest absolute Gasteiger partial charge is 0.0743 e. The van der Waals surface area contributed by atoms with E-state index < -0.39 is 0 Å². The maximum atomic E-state index is 5.81. The average molecular weight is 271 g/mol. The zero-order chi connectivity index (χ0) is 14.4. The van der Waals surface area contributed by atoms with Gasteiger partial charge in [-0.25, -0.2) is 0 Å². The van der Waals surface area contributed by atoms with Crippen LogP contribution in [-0.2, 0) is 0 Å². The standard InChI is InChI=1S/C17H25N3/c1-3-5-6-13(4-2)12-20-16-9-10-19-17-11-14(18)7-8-15(16)17/h7-11,13H,3-6,12,18H2,1-2H3,(H,19,20). The summed E-state index contributed by atoms with van der Waals surface area (Å²) in [6, 6.07) is 7.95. The summed E-state index contributed by atoms with van der Waals surface area (Å²) in [5, 5.41) is 4.73. The second-order valence-electron chi connectivity index (χ2n) is 5.43. The van der Waals surface area contributed by atoms with Crippen LogP contribution in [0.15, 0.2) is 30.5 Å². The lowest BCUT2D eigenvalue weighted by Gasteiger charge is -2.17. The molecule has 1 aromatic carbocycles. The van der Waals surface area contributed by atoms with E-state index in [1.54, 1.807) is 0 Å². The van der Waals surface area contributed by atoms with Crippen molar-refractivity contribution in [2.75, 3.05) is 17.6 Å². The van der Waals surface area contributed by atoms with Gasteiger partial charge >= 0.3 is 0 Å². The highest BCUT2D eigenvalue weighted by Gasteiger charge is 2.07. The van der Waals surface area contributed by atoms with Crippen molar-refractivity contribution in [2.24, 2.45) is 5.92 Å². The Kier molecular flexibility index (Phi) is 5.22. The third-order valence-corrected chi connectivity index (χ3v) is 3.89. The van der Waals surface area contributed by atoms with E-state index in [0.29, 0.717) is 0 Å². The number of pyridine rings is 1. The van der Waals surface area contributed by atoms with Crippen molar-refractivity contribution < 1.29 is 0 Å². The van der Waals surface area contributed by atoms with Crippen molar-refractivity contribution in [3.8, 4) is 0 Å². The van der Waals surface area contributed by atoms with Gasteiger partial charge in [-0.1, -0.05) is 33.1 Å². The van der Waals surface area contributed by atoms with E-state index in [1.807, 2.05) is 30.5 Å². The van der Waals surface area contributed by atoms with Crippen LogP contribution in [0.4, 0.5) is 11.4 Å². The molecule has 1 aromatic heterocycles. The minimum Gasteiger partial charge on any atom is -0.399 e. The maximum Gasteiger partial charge on any atom is 0.0743 e. The van der Waals surface area contributed by atoms with E-state index in [-0.39, 0.29) is 0 Å². The van der Waals surface area contributed by atoms with Crippen molar-refractivity contribution in [3.63, 3.8) is 0 Å². The minimum atomic E-state index is 0.743. The molecule has 0 saturated heterocycles. The Morgan fingerprint density at radius 2 is 2.10 bits per heavy atom. The molecule has 0 saturated carbocycles.